The van der Waals surface area contributed by atoms with Crippen molar-refractivity contribution in [3.05, 3.63) is 52.1 Å². The van der Waals surface area contributed by atoms with E-state index in [-0.39, 0.29) is 11.3 Å². The second-order valence-electron chi connectivity index (χ2n) is 4.69. The van der Waals surface area contributed by atoms with Gasteiger partial charge in [-0.1, -0.05) is 6.07 Å². The van der Waals surface area contributed by atoms with Crippen molar-refractivity contribution in [3.8, 4) is 0 Å². The van der Waals surface area contributed by atoms with Gasteiger partial charge in [0.15, 0.2) is 0 Å². The topological polar surface area (TPSA) is 102 Å². The number of aromatic nitrogens is 2. The molecule has 21 heavy (non-hydrogen) atoms. The third-order valence-electron chi connectivity index (χ3n) is 3.51. The first kappa shape index (κ1) is 13.1. The summed E-state index contributed by atoms with van der Waals surface area (Å²) in [5.41, 5.74) is -0.356. The van der Waals surface area contributed by atoms with E-state index >= 15 is 0 Å². The fraction of sp³-hybridized carbons (Fsp3) is 0.231. The Morgan fingerprint density at radius 3 is 2.90 bits per heavy atom. The molecule has 1 aromatic heterocycles. The molecule has 1 N–H and O–H groups in total. The Hall–Kier alpha value is -2.90. The molecule has 0 aliphatic carbocycles. The van der Waals surface area contributed by atoms with Crippen LogP contribution in [0.25, 0.3) is 0 Å². The summed E-state index contributed by atoms with van der Waals surface area (Å²) in [4.78, 5) is 27.8. The van der Waals surface area contributed by atoms with Crippen LogP contribution in [0.15, 0.2) is 30.6 Å². The van der Waals surface area contributed by atoms with Gasteiger partial charge in [-0.3, -0.25) is 10.1 Å². The molecule has 0 unspecified atom stereocenters. The lowest BCUT2D eigenvalue weighted by Gasteiger charge is -2.29. The third-order valence-corrected chi connectivity index (χ3v) is 3.51. The van der Waals surface area contributed by atoms with Crippen LogP contribution in [0, 0.1) is 10.1 Å². The van der Waals surface area contributed by atoms with Crippen LogP contribution in [-0.4, -0.2) is 32.1 Å². The first-order valence-electron chi connectivity index (χ1n) is 6.33. The summed E-state index contributed by atoms with van der Waals surface area (Å²) in [6.45, 7) is 1.63. The lowest BCUT2D eigenvalue weighted by molar-refractivity contribution is -0.384. The molecule has 2 heterocycles. The number of fused-ring (bicyclic) bond motifs is 1. The smallest absolute Gasteiger partial charge is 0.342 e. The summed E-state index contributed by atoms with van der Waals surface area (Å²) in [6, 6.07) is 4.34. The van der Waals surface area contributed by atoms with Gasteiger partial charge < -0.3 is 14.6 Å². The summed E-state index contributed by atoms with van der Waals surface area (Å²) in [5.74, 6) is -0.502. The van der Waals surface area contributed by atoms with Gasteiger partial charge in [-0.15, -0.1) is 0 Å². The molecule has 8 heteroatoms. The van der Waals surface area contributed by atoms with Crippen LogP contribution in [0.1, 0.15) is 16.2 Å². The highest BCUT2D eigenvalue weighted by molar-refractivity contribution is 5.95. The van der Waals surface area contributed by atoms with Crippen molar-refractivity contribution >= 4 is 17.3 Å². The van der Waals surface area contributed by atoms with Gasteiger partial charge in [-0.05, 0) is 12.1 Å². The maximum atomic E-state index is 11.3. The molecular weight excluding hydrogens is 276 g/mol. The van der Waals surface area contributed by atoms with Crippen LogP contribution in [0.3, 0.4) is 0 Å². The number of carboxylic acid groups (broad SMARTS) is 1. The van der Waals surface area contributed by atoms with Crippen LogP contribution in [0.4, 0.5) is 11.4 Å². The molecule has 8 nitrogen and oxygen atoms in total. The molecule has 0 saturated carbocycles. The van der Waals surface area contributed by atoms with Gasteiger partial charge in [0.1, 0.15) is 17.1 Å². The number of hydrogen-bond acceptors (Lipinski definition) is 5. The Morgan fingerprint density at radius 2 is 2.19 bits per heavy atom. The molecule has 0 amide bonds. The maximum Gasteiger partial charge on any atom is 0.342 e. The predicted molar refractivity (Wildman–Crippen MR) is 73.3 cm³/mol. The van der Waals surface area contributed by atoms with Crippen molar-refractivity contribution in [2.24, 2.45) is 0 Å². The molecule has 1 aliphatic rings. The molecule has 1 aromatic carbocycles. The standard InChI is InChI=1S/C13H12N4O4/c18-13(19)9-2-1-3-10(12(9)17(20)21)16-7-6-15-5-4-14-11(15)8-16/h1-5H,6-8H2,(H,18,19). The lowest BCUT2D eigenvalue weighted by Crippen LogP contribution is -2.34. The zero-order valence-corrected chi connectivity index (χ0v) is 11.0. The molecule has 0 bridgehead atoms. The van der Waals surface area contributed by atoms with Gasteiger partial charge in [-0.25, -0.2) is 9.78 Å². The molecule has 0 radical (unpaired) electrons. The van der Waals surface area contributed by atoms with Crippen LogP contribution < -0.4 is 4.90 Å². The molecule has 3 rings (SSSR count). The number of aromatic carboxylic acids is 1. The molecule has 1 aliphatic heterocycles. The van der Waals surface area contributed by atoms with E-state index in [1.807, 2.05) is 10.8 Å². The number of carbonyl (C=O) groups is 1. The number of nitrogens with zero attached hydrogens (tertiary/aromatic N) is 4. The monoisotopic (exact) mass is 288 g/mol. The summed E-state index contributed by atoms with van der Waals surface area (Å²) in [6.07, 6.45) is 3.54. The summed E-state index contributed by atoms with van der Waals surface area (Å²) >= 11 is 0. The number of rotatable bonds is 3. The Morgan fingerprint density at radius 1 is 1.38 bits per heavy atom. The van der Waals surface area contributed by atoms with Crippen molar-refractivity contribution < 1.29 is 14.8 Å². The van der Waals surface area contributed by atoms with E-state index < -0.39 is 10.9 Å². The number of anilines is 1. The number of hydrogen-bond donors (Lipinski definition) is 1. The average molecular weight is 288 g/mol. The quantitative estimate of drug-likeness (QED) is 0.678. The van der Waals surface area contributed by atoms with Crippen molar-refractivity contribution in [1.82, 2.24) is 9.55 Å². The van der Waals surface area contributed by atoms with Gasteiger partial charge >= 0.3 is 11.7 Å². The number of benzene rings is 1. The van der Waals surface area contributed by atoms with Crippen molar-refractivity contribution in [2.75, 3.05) is 11.4 Å². The van der Waals surface area contributed by atoms with Gasteiger partial charge in [0.25, 0.3) is 0 Å². The molecule has 0 atom stereocenters. The maximum absolute atomic E-state index is 11.3. The van der Waals surface area contributed by atoms with Crippen LogP contribution in [0.5, 0.6) is 0 Å². The van der Waals surface area contributed by atoms with Gasteiger partial charge in [0.05, 0.1) is 11.5 Å². The Bertz CT molecular complexity index is 725. The summed E-state index contributed by atoms with van der Waals surface area (Å²) < 4.78 is 1.98. The highest BCUT2D eigenvalue weighted by atomic mass is 16.6. The average Bonchev–Trinajstić information content (AvgIpc) is 2.93. The van der Waals surface area contributed by atoms with Crippen molar-refractivity contribution in [2.45, 2.75) is 13.1 Å². The van der Waals surface area contributed by atoms with Crippen LogP contribution >= 0.6 is 0 Å². The van der Waals surface area contributed by atoms with Gasteiger partial charge in [-0.2, -0.15) is 0 Å². The second kappa shape index (κ2) is 4.89. The van der Waals surface area contributed by atoms with Gasteiger partial charge in [0.2, 0.25) is 0 Å². The lowest BCUT2D eigenvalue weighted by atomic mass is 10.1. The first-order valence-corrected chi connectivity index (χ1v) is 6.33. The predicted octanol–water partition coefficient (Wildman–Crippen LogP) is 1.51. The SMILES string of the molecule is O=C(O)c1cccc(N2CCn3ccnc3C2)c1[N+](=O)[O-]. The molecule has 0 fully saturated rings. The highest BCUT2D eigenvalue weighted by Crippen LogP contribution is 2.33. The Balaban J connectivity index is 2.05. The van der Waals surface area contributed by atoms with E-state index in [0.29, 0.717) is 25.3 Å². The van der Waals surface area contributed by atoms with E-state index in [9.17, 15) is 14.9 Å². The van der Waals surface area contributed by atoms with Crippen LogP contribution in [0.2, 0.25) is 0 Å². The second-order valence-corrected chi connectivity index (χ2v) is 4.69. The van der Waals surface area contributed by atoms with E-state index in [1.165, 1.54) is 12.1 Å². The molecule has 108 valence electrons. The summed E-state index contributed by atoms with van der Waals surface area (Å²) in [7, 11) is 0. The minimum atomic E-state index is -1.30. The minimum absolute atomic E-state index is 0.300. The minimum Gasteiger partial charge on any atom is -0.477 e. The third kappa shape index (κ3) is 2.20. The fourth-order valence-corrected chi connectivity index (χ4v) is 2.53. The van der Waals surface area contributed by atoms with Gasteiger partial charge in [0, 0.05) is 25.5 Å². The summed E-state index contributed by atoms with van der Waals surface area (Å²) in [5, 5.41) is 20.4. The normalized spacial score (nSPS) is 13.8. The number of para-hydroxylation sites is 1. The Kier molecular flexibility index (Phi) is 3.05. The van der Waals surface area contributed by atoms with Crippen LogP contribution in [-0.2, 0) is 13.1 Å². The number of nitro groups is 1. The zero-order chi connectivity index (χ0) is 15.0. The number of carboxylic acids is 1. The van der Waals surface area contributed by atoms with E-state index in [0.717, 1.165) is 5.82 Å². The van der Waals surface area contributed by atoms with E-state index in [4.69, 9.17) is 5.11 Å². The number of nitro benzene ring substituents is 1. The molecule has 2 aromatic rings. The largest absolute Gasteiger partial charge is 0.477 e. The zero-order valence-electron chi connectivity index (χ0n) is 11.0. The molecule has 0 saturated heterocycles. The molecule has 0 spiro atoms. The molecular formula is C13H12N4O4. The van der Waals surface area contributed by atoms with E-state index in [2.05, 4.69) is 4.98 Å². The van der Waals surface area contributed by atoms with Crippen molar-refractivity contribution in [3.63, 3.8) is 0 Å². The van der Waals surface area contributed by atoms with E-state index in [1.54, 1.807) is 17.2 Å². The van der Waals surface area contributed by atoms with Crippen molar-refractivity contribution in [1.29, 1.82) is 0 Å². The highest BCUT2D eigenvalue weighted by Gasteiger charge is 2.29. The first-order chi connectivity index (χ1) is 10.1. The number of imidazole rings is 1. The fourth-order valence-electron chi connectivity index (χ4n) is 2.53. The Labute approximate surface area is 119 Å².